The second-order valence-electron chi connectivity index (χ2n) is 10.5. The normalized spacial score (nSPS) is 24.8. The molecule has 3 N–H and O–H groups in total. The average molecular weight is 591 g/mol. The Labute approximate surface area is 239 Å². The number of aryl methyl sites for hydroxylation is 1. The highest BCUT2D eigenvalue weighted by Crippen LogP contribution is 2.48. The molecule has 0 aliphatic carbocycles. The Morgan fingerprint density at radius 3 is 2.59 bits per heavy atom. The molecule has 3 aromatic rings. The summed E-state index contributed by atoms with van der Waals surface area (Å²) in [6, 6.07) is 10.9. The van der Waals surface area contributed by atoms with E-state index in [-0.39, 0.29) is 18.3 Å². The Bertz CT molecular complexity index is 1370. The number of benzene rings is 1. The minimum atomic E-state index is -4.23. The van der Waals surface area contributed by atoms with Gasteiger partial charge in [0.2, 0.25) is 0 Å². The number of aliphatic hydroxyl groups is 2. The molecule has 1 aliphatic heterocycles. The van der Waals surface area contributed by atoms with Crippen LogP contribution in [-0.2, 0) is 23.4 Å². The van der Waals surface area contributed by atoms with Crippen molar-refractivity contribution in [1.82, 2.24) is 19.7 Å². The summed E-state index contributed by atoms with van der Waals surface area (Å²) in [5.74, 6) is -0.136. The molecule has 1 aliphatic rings. The second-order valence-corrected chi connectivity index (χ2v) is 12.2. The van der Waals surface area contributed by atoms with E-state index in [4.69, 9.17) is 18.5 Å². The monoisotopic (exact) mass is 590 g/mol. The summed E-state index contributed by atoms with van der Waals surface area (Å²) in [6.07, 6.45) is -0.581. The standard InChI is InChI=1S/C28H39N4O8P/c1-6-20(7-2)15-37-27(35)19(4)31-41(36,40-21-11-9-8-10-12-21)38-16-28(5)26(34)24(33)25(39-28)23-14-13-22-18(3)29-17-30-32(22)23/h8-14,17,19-20,24-26,33-34H,6-7,15-16H2,1-5H3,(H,31,36)/t19-,24-,25-,26-,28+,41?/m0/s1. The molecular weight excluding hydrogens is 551 g/mol. The first-order valence-electron chi connectivity index (χ1n) is 13.8. The molecule has 1 aromatic carbocycles. The van der Waals surface area contributed by atoms with Crippen LogP contribution in [0.25, 0.3) is 5.52 Å². The molecule has 6 atom stereocenters. The third-order valence-electron chi connectivity index (χ3n) is 7.43. The molecule has 41 heavy (non-hydrogen) atoms. The van der Waals surface area contributed by atoms with Gasteiger partial charge in [0.15, 0.2) is 0 Å². The second kappa shape index (κ2) is 13.0. The predicted molar refractivity (Wildman–Crippen MR) is 150 cm³/mol. The fraction of sp³-hybridized carbons (Fsp3) is 0.536. The summed E-state index contributed by atoms with van der Waals surface area (Å²) in [6.45, 7) is 8.73. The molecule has 224 valence electrons. The van der Waals surface area contributed by atoms with Gasteiger partial charge < -0.3 is 24.2 Å². The van der Waals surface area contributed by atoms with E-state index >= 15 is 0 Å². The largest absolute Gasteiger partial charge is 0.464 e. The van der Waals surface area contributed by atoms with E-state index in [1.807, 2.05) is 20.8 Å². The van der Waals surface area contributed by atoms with Gasteiger partial charge in [-0.05, 0) is 51.0 Å². The van der Waals surface area contributed by atoms with Gasteiger partial charge in [-0.3, -0.25) is 9.32 Å². The van der Waals surface area contributed by atoms with Gasteiger partial charge in [0.05, 0.1) is 30.1 Å². The van der Waals surface area contributed by atoms with E-state index in [0.29, 0.717) is 5.69 Å². The van der Waals surface area contributed by atoms with Crippen molar-refractivity contribution in [1.29, 1.82) is 0 Å². The van der Waals surface area contributed by atoms with Crippen LogP contribution in [0.2, 0.25) is 0 Å². The molecule has 0 spiro atoms. The van der Waals surface area contributed by atoms with Crippen LogP contribution in [0.4, 0.5) is 0 Å². The number of para-hydroxylation sites is 1. The molecule has 0 saturated carbocycles. The SMILES string of the molecule is CCC(CC)COC(=O)[C@H](C)NP(=O)(OC[C@@]1(C)O[C@@H](c2ccc3c(C)ncnn23)[C@H](O)[C@@H]1O)Oc1ccccc1. The number of carbonyl (C=O) groups is 1. The summed E-state index contributed by atoms with van der Waals surface area (Å²) < 4.78 is 38.7. The summed E-state index contributed by atoms with van der Waals surface area (Å²) in [5.41, 5.74) is 0.486. The van der Waals surface area contributed by atoms with Crippen molar-refractivity contribution >= 4 is 19.2 Å². The van der Waals surface area contributed by atoms with Crippen molar-refractivity contribution in [3.63, 3.8) is 0 Å². The number of aromatic nitrogens is 3. The van der Waals surface area contributed by atoms with Gasteiger partial charge in [-0.1, -0.05) is 44.9 Å². The van der Waals surface area contributed by atoms with Crippen LogP contribution >= 0.6 is 7.75 Å². The Morgan fingerprint density at radius 1 is 1.20 bits per heavy atom. The lowest BCUT2D eigenvalue weighted by molar-refractivity contribution is -0.146. The fourth-order valence-electron chi connectivity index (χ4n) is 4.67. The molecule has 1 fully saturated rings. The van der Waals surface area contributed by atoms with Crippen molar-refractivity contribution in [2.45, 2.75) is 77.4 Å². The predicted octanol–water partition coefficient (Wildman–Crippen LogP) is 3.75. The molecule has 1 saturated heterocycles. The summed E-state index contributed by atoms with van der Waals surface area (Å²) in [4.78, 5) is 16.9. The first-order valence-corrected chi connectivity index (χ1v) is 15.3. The highest BCUT2D eigenvalue weighted by atomic mass is 31.2. The zero-order valence-electron chi connectivity index (χ0n) is 24.0. The quantitative estimate of drug-likeness (QED) is 0.197. The Kier molecular flexibility index (Phi) is 9.84. The molecule has 2 aromatic heterocycles. The van der Waals surface area contributed by atoms with E-state index in [0.717, 1.165) is 24.1 Å². The zero-order valence-corrected chi connectivity index (χ0v) is 24.9. The lowest BCUT2D eigenvalue weighted by atomic mass is 9.97. The maximum absolute atomic E-state index is 14.0. The van der Waals surface area contributed by atoms with Crippen LogP contribution in [0, 0.1) is 12.8 Å². The number of ether oxygens (including phenoxy) is 2. The molecule has 3 heterocycles. The number of nitrogens with zero attached hydrogens (tertiary/aromatic N) is 3. The number of rotatable bonds is 13. The number of hydrogen-bond donors (Lipinski definition) is 3. The fourth-order valence-corrected chi connectivity index (χ4v) is 6.25. The number of esters is 1. The molecule has 0 radical (unpaired) electrons. The van der Waals surface area contributed by atoms with Crippen molar-refractivity contribution in [3.8, 4) is 5.75 Å². The van der Waals surface area contributed by atoms with E-state index < -0.39 is 50.3 Å². The molecule has 12 nitrogen and oxygen atoms in total. The van der Waals surface area contributed by atoms with Crippen molar-refractivity contribution < 1.29 is 38.1 Å². The highest BCUT2D eigenvalue weighted by molar-refractivity contribution is 7.52. The topological polar surface area (TPSA) is 154 Å². The minimum absolute atomic E-state index is 0.225. The van der Waals surface area contributed by atoms with Gasteiger partial charge in [0, 0.05) is 0 Å². The maximum Gasteiger partial charge on any atom is 0.459 e. The van der Waals surface area contributed by atoms with Crippen molar-refractivity contribution in [3.05, 3.63) is 60.2 Å². The van der Waals surface area contributed by atoms with Crippen molar-refractivity contribution in [2.75, 3.05) is 13.2 Å². The zero-order chi connectivity index (χ0) is 29.8. The van der Waals surface area contributed by atoms with Crippen molar-refractivity contribution in [2.24, 2.45) is 5.92 Å². The van der Waals surface area contributed by atoms with Crippen LogP contribution in [0.1, 0.15) is 58.0 Å². The maximum atomic E-state index is 14.0. The van der Waals surface area contributed by atoms with Gasteiger partial charge in [0.1, 0.15) is 42.0 Å². The van der Waals surface area contributed by atoms with Crippen LogP contribution in [0.3, 0.4) is 0 Å². The molecule has 0 amide bonds. The molecular formula is C28H39N4O8P. The number of nitrogens with one attached hydrogen (secondary N) is 1. The Hall–Kier alpha value is -2.86. The lowest BCUT2D eigenvalue weighted by Gasteiger charge is -2.30. The van der Waals surface area contributed by atoms with Gasteiger partial charge in [-0.25, -0.2) is 14.1 Å². The molecule has 13 heteroatoms. The third-order valence-corrected chi connectivity index (χ3v) is 9.06. The van der Waals surface area contributed by atoms with Crippen LogP contribution < -0.4 is 9.61 Å². The van der Waals surface area contributed by atoms with Gasteiger partial charge in [-0.2, -0.15) is 10.2 Å². The first-order chi connectivity index (χ1) is 19.5. The first kappa shape index (κ1) is 31.1. The lowest BCUT2D eigenvalue weighted by Crippen LogP contribution is -2.45. The summed E-state index contributed by atoms with van der Waals surface area (Å²) in [5, 5.41) is 28.9. The van der Waals surface area contributed by atoms with Crippen LogP contribution in [0.15, 0.2) is 48.8 Å². The smallest absolute Gasteiger partial charge is 0.459 e. The summed E-state index contributed by atoms with van der Waals surface area (Å²) in [7, 11) is -4.23. The van der Waals surface area contributed by atoms with Crippen LogP contribution in [0.5, 0.6) is 5.75 Å². The average Bonchev–Trinajstić information content (AvgIpc) is 3.49. The number of carbonyl (C=O) groups excluding carboxylic acids is 1. The van der Waals surface area contributed by atoms with Gasteiger partial charge in [0.25, 0.3) is 0 Å². The van der Waals surface area contributed by atoms with E-state index in [9.17, 15) is 19.6 Å². The van der Waals surface area contributed by atoms with Crippen LogP contribution in [-0.4, -0.2) is 67.8 Å². The third kappa shape index (κ3) is 6.97. The van der Waals surface area contributed by atoms with E-state index in [2.05, 4.69) is 15.2 Å². The Balaban J connectivity index is 1.51. The number of hydrogen-bond acceptors (Lipinski definition) is 10. The molecule has 0 bridgehead atoms. The number of fused-ring (bicyclic) bond motifs is 1. The number of aliphatic hydroxyl groups excluding tert-OH is 2. The molecule has 4 rings (SSSR count). The van der Waals surface area contributed by atoms with E-state index in [1.54, 1.807) is 47.0 Å². The minimum Gasteiger partial charge on any atom is -0.464 e. The highest BCUT2D eigenvalue weighted by Gasteiger charge is 2.54. The molecule has 1 unspecified atom stereocenters. The van der Waals surface area contributed by atoms with E-state index in [1.165, 1.54) is 20.2 Å². The summed E-state index contributed by atoms with van der Waals surface area (Å²) >= 11 is 0. The Morgan fingerprint density at radius 2 is 1.90 bits per heavy atom. The van der Waals surface area contributed by atoms with Gasteiger partial charge in [-0.15, -0.1) is 0 Å². The van der Waals surface area contributed by atoms with Gasteiger partial charge >= 0.3 is 13.7 Å².